The quantitative estimate of drug-likeness (QED) is 0.247. The Hall–Kier alpha value is -4.34. The van der Waals surface area contributed by atoms with E-state index < -0.39 is 17.4 Å². The number of fused-ring (bicyclic) bond motifs is 1. The smallest absolute Gasteiger partial charge is 0.265 e. The first kappa shape index (κ1) is 24.8. The number of aromatic hydroxyl groups is 1. The molecule has 4 aromatic rings. The van der Waals surface area contributed by atoms with Crippen LogP contribution in [0.3, 0.4) is 0 Å². The zero-order valence-corrected chi connectivity index (χ0v) is 20.2. The third-order valence-electron chi connectivity index (χ3n) is 6.19. The minimum Gasteiger partial charge on any atom is -0.733 e. The van der Waals surface area contributed by atoms with Gasteiger partial charge in [-0.3, -0.25) is 14.8 Å². The van der Waals surface area contributed by atoms with E-state index in [-0.39, 0.29) is 28.6 Å². The summed E-state index contributed by atoms with van der Waals surface area (Å²) >= 11 is 0. The number of aryl methyl sites for hydroxylation is 1. The van der Waals surface area contributed by atoms with E-state index in [1.54, 1.807) is 43.4 Å². The second-order valence-corrected chi connectivity index (χ2v) is 8.73. The SMILES string of the molecule is CN(C)c1ccc([C@H](CC(=O)c2c(O)c3ccccc3n(C)c2=O)Nc2ccc(N([O-])O)cc2)cc1. The molecule has 1 heterocycles. The minimum absolute atomic E-state index is 0.0631. The molecule has 0 aliphatic rings. The first-order chi connectivity index (χ1) is 17.2. The second kappa shape index (κ2) is 10.1. The molecular formula is C27H27N4O5-. The van der Waals surface area contributed by atoms with E-state index in [1.807, 2.05) is 43.3 Å². The van der Waals surface area contributed by atoms with E-state index in [4.69, 9.17) is 5.21 Å². The Bertz CT molecular complexity index is 1440. The van der Waals surface area contributed by atoms with Crippen LogP contribution >= 0.6 is 0 Å². The van der Waals surface area contributed by atoms with Crippen LogP contribution in [0.4, 0.5) is 17.1 Å². The summed E-state index contributed by atoms with van der Waals surface area (Å²) in [5, 5.41) is 34.5. The number of nitrogens with one attached hydrogen (secondary N) is 1. The Balaban J connectivity index is 1.72. The molecule has 4 rings (SSSR count). The lowest BCUT2D eigenvalue weighted by molar-refractivity contribution is 0.0972. The summed E-state index contributed by atoms with van der Waals surface area (Å²) in [5.74, 6) is -0.839. The van der Waals surface area contributed by atoms with Gasteiger partial charge in [-0.05, 0) is 54.1 Å². The predicted octanol–water partition coefficient (Wildman–Crippen LogP) is 4.43. The summed E-state index contributed by atoms with van der Waals surface area (Å²) in [5.41, 5.74) is 2.14. The first-order valence-corrected chi connectivity index (χ1v) is 11.3. The molecular weight excluding hydrogens is 460 g/mol. The second-order valence-electron chi connectivity index (χ2n) is 8.73. The van der Waals surface area contributed by atoms with Crippen LogP contribution in [0.2, 0.25) is 0 Å². The summed E-state index contributed by atoms with van der Waals surface area (Å²) in [7, 11) is 5.42. The van der Waals surface area contributed by atoms with Crippen LogP contribution in [0.1, 0.15) is 28.4 Å². The summed E-state index contributed by atoms with van der Waals surface area (Å²) in [6.45, 7) is 0. The Morgan fingerprint density at radius 1 is 1.00 bits per heavy atom. The van der Waals surface area contributed by atoms with Crippen LogP contribution in [-0.2, 0) is 7.05 Å². The van der Waals surface area contributed by atoms with Gasteiger partial charge in [0, 0.05) is 44.3 Å². The predicted molar refractivity (Wildman–Crippen MR) is 141 cm³/mol. The standard InChI is InChI=1S/C27H27N4O5/c1-29(2)19-12-8-17(9-13-19)22(28-18-10-14-20(15-11-18)31(35)36)16-24(32)25-26(33)21-6-4-5-7-23(21)30(3)27(25)34/h4-15,22,28,33,35H,16H2,1-3H3/q-1/t22-/m0/s1. The van der Waals surface area contributed by atoms with Crippen molar-refractivity contribution in [1.29, 1.82) is 0 Å². The van der Waals surface area contributed by atoms with Crippen molar-refractivity contribution in [2.45, 2.75) is 12.5 Å². The van der Waals surface area contributed by atoms with Crippen molar-refractivity contribution < 1.29 is 15.1 Å². The molecule has 0 saturated carbocycles. The van der Waals surface area contributed by atoms with Crippen molar-refractivity contribution in [2.75, 3.05) is 29.5 Å². The maximum atomic E-state index is 13.5. The molecule has 1 aromatic heterocycles. The number of ketones is 1. The lowest BCUT2D eigenvalue weighted by Crippen LogP contribution is -2.26. The van der Waals surface area contributed by atoms with Gasteiger partial charge in [-0.1, -0.05) is 24.3 Å². The number of pyridine rings is 1. The van der Waals surface area contributed by atoms with Crippen LogP contribution in [0.15, 0.2) is 77.6 Å². The largest absolute Gasteiger partial charge is 0.733 e. The summed E-state index contributed by atoms with van der Waals surface area (Å²) in [6.07, 6.45) is -0.113. The molecule has 3 N–H and O–H groups in total. The number of aromatic nitrogens is 1. The number of carbonyl (C=O) groups is 1. The van der Waals surface area contributed by atoms with Gasteiger partial charge in [-0.15, -0.1) is 0 Å². The molecule has 3 aromatic carbocycles. The fourth-order valence-electron chi connectivity index (χ4n) is 4.16. The monoisotopic (exact) mass is 487 g/mol. The number of hydrogen-bond donors (Lipinski definition) is 3. The fraction of sp³-hybridized carbons (Fsp3) is 0.185. The van der Waals surface area contributed by atoms with Crippen molar-refractivity contribution in [2.24, 2.45) is 7.05 Å². The maximum absolute atomic E-state index is 13.5. The molecule has 0 radical (unpaired) electrons. The van der Waals surface area contributed by atoms with Gasteiger partial charge in [0.1, 0.15) is 11.3 Å². The third kappa shape index (κ3) is 4.88. The van der Waals surface area contributed by atoms with Crippen LogP contribution < -0.4 is 21.0 Å². The van der Waals surface area contributed by atoms with Crippen molar-refractivity contribution in [3.8, 4) is 5.75 Å². The highest BCUT2D eigenvalue weighted by Gasteiger charge is 2.25. The molecule has 0 bridgehead atoms. The Kier molecular flexibility index (Phi) is 6.96. The molecule has 0 aliphatic carbocycles. The number of carbonyl (C=O) groups excluding carboxylic acids is 1. The highest BCUT2D eigenvalue weighted by molar-refractivity contribution is 6.03. The number of nitrogens with zero attached hydrogens (tertiary/aromatic N) is 3. The average molecular weight is 488 g/mol. The Morgan fingerprint density at radius 2 is 1.61 bits per heavy atom. The zero-order chi connectivity index (χ0) is 26.0. The minimum atomic E-state index is -0.569. The Morgan fingerprint density at radius 3 is 2.22 bits per heavy atom. The molecule has 0 amide bonds. The van der Waals surface area contributed by atoms with E-state index in [0.29, 0.717) is 16.6 Å². The van der Waals surface area contributed by atoms with Gasteiger partial charge >= 0.3 is 0 Å². The highest BCUT2D eigenvalue weighted by Crippen LogP contribution is 2.31. The van der Waals surface area contributed by atoms with E-state index in [9.17, 15) is 19.9 Å². The van der Waals surface area contributed by atoms with Crippen molar-refractivity contribution in [1.82, 2.24) is 4.57 Å². The molecule has 186 valence electrons. The lowest BCUT2D eigenvalue weighted by Gasteiger charge is -2.24. The highest BCUT2D eigenvalue weighted by atomic mass is 16.8. The van der Waals surface area contributed by atoms with Crippen molar-refractivity contribution in [3.05, 3.63) is 99.5 Å². The number of para-hydroxylation sites is 1. The normalized spacial score (nSPS) is 11.8. The molecule has 36 heavy (non-hydrogen) atoms. The lowest BCUT2D eigenvalue weighted by atomic mass is 9.96. The number of benzene rings is 3. The van der Waals surface area contributed by atoms with Gasteiger partial charge in [0.2, 0.25) is 0 Å². The molecule has 0 unspecified atom stereocenters. The molecule has 9 nitrogen and oxygen atoms in total. The number of Topliss-reactive ketones (excluding diaryl/α,β-unsaturated/α-hetero) is 1. The molecule has 0 fully saturated rings. The topological polar surface area (TPSA) is 121 Å². The van der Waals surface area contributed by atoms with Crippen molar-refractivity contribution in [3.63, 3.8) is 0 Å². The van der Waals surface area contributed by atoms with E-state index >= 15 is 0 Å². The summed E-state index contributed by atoms with van der Waals surface area (Å²) in [4.78, 5) is 28.5. The third-order valence-corrected chi connectivity index (χ3v) is 6.19. The van der Waals surface area contributed by atoms with Crippen LogP contribution in [0.5, 0.6) is 5.75 Å². The van der Waals surface area contributed by atoms with Crippen LogP contribution in [0.25, 0.3) is 10.9 Å². The average Bonchev–Trinajstić information content (AvgIpc) is 2.87. The van der Waals surface area contributed by atoms with Gasteiger partial charge in [0.25, 0.3) is 5.56 Å². The van der Waals surface area contributed by atoms with Gasteiger partial charge in [-0.25, -0.2) is 0 Å². The number of rotatable bonds is 8. The van der Waals surface area contributed by atoms with Gasteiger partial charge in [0.15, 0.2) is 5.78 Å². The summed E-state index contributed by atoms with van der Waals surface area (Å²) in [6, 6.07) is 20.0. The van der Waals surface area contributed by atoms with Crippen molar-refractivity contribution >= 4 is 33.7 Å². The van der Waals surface area contributed by atoms with E-state index in [0.717, 1.165) is 11.3 Å². The van der Waals surface area contributed by atoms with Gasteiger partial charge in [-0.2, -0.15) is 0 Å². The van der Waals surface area contributed by atoms with E-state index in [1.165, 1.54) is 16.7 Å². The van der Waals surface area contributed by atoms with Crippen LogP contribution in [0, 0.1) is 5.21 Å². The molecule has 9 heteroatoms. The molecule has 0 aliphatic heterocycles. The van der Waals surface area contributed by atoms with E-state index in [2.05, 4.69) is 5.32 Å². The zero-order valence-electron chi connectivity index (χ0n) is 20.2. The van der Waals surface area contributed by atoms with Gasteiger partial charge in [0.05, 0.1) is 17.2 Å². The molecule has 1 atom stereocenters. The first-order valence-electron chi connectivity index (χ1n) is 11.3. The number of hydrogen-bond acceptors (Lipinski definition) is 8. The maximum Gasteiger partial charge on any atom is 0.265 e. The summed E-state index contributed by atoms with van der Waals surface area (Å²) < 4.78 is 1.36. The molecule has 0 spiro atoms. The van der Waals surface area contributed by atoms with Gasteiger partial charge < -0.3 is 30.3 Å². The molecule has 0 saturated heterocycles. The Labute approximate surface area is 208 Å². The number of anilines is 3. The van der Waals surface area contributed by atoms with Crippen LogP contribution in [-0.4, -0.2) is 34.8 Å². The fourth-order valence-corrected chi connectivity index (χ4v) is 4.16.